The molecule has 0 aromatic carbocycles. The summed E-state index contributed by atoms with van der Waals surface area (Å²) in [5, 5.41) is 59.0. The Morgan fingerprint density at radius 2 is 0.389 bits per heavy atom. The van der Waals surface area contributed by atoms with Crippen LogP contribution in [0.5, 0.6) is 0 Å². The van der Waals surface area contributed by atoms with E-state index >= 15 is 0 Å². The summed E-state index contributed by atoms with van der Waals surface area (Å²) in [6.45, 7) is 0. The summed E-state index contributed by atoms with van der Waals surface area (Å²) >= 11 is 0. The van der Waals surface area contributed by atoms with Crippen molar-refractivity contribution in [3.05, 3.63) is 61.3 Å². The van der Waals surface area contributed by atoms with Crippen LogP contribution in [0.15, 0.2) is 0 Å². The monoisotopic (exact) mass is 374 g/mol. The summed E-state index contributed by atoms with van der Waals surface area (Å²) in [7, 11) is 0. The molecule has 0 rings (SSSR count). The SMILES string of the molecule is O=[N+]([O-])[O-].O=[N+]([O-])[O-].O=[N+]([O-])[O-].O=[N+]([O-])[O-].[Cu+2].[Cu+2]. The Labute approximate surface area is 116 Å². The van der Waals surface area contributed by atoms with Crippen LogP contribution in [0.25, 0.3) is 0 Å². The van der Waals surface area contributed by atoms with E-state index in [0.29, 0.717) is 0 Å². The molecule has 0 spiro atoms. The molecule has 18 heteroatoms. The van der Waals surface area contributed by atoms with E-state index in [4.69, 9.17) is 61.3 Å². The number of rotatable bonds is 0. The average Bonchev–Trinajstić information content (AvgIpc) is 1.76. The van der Waals surface area contributed by atoms with E-state index < -0.39 is 20.3 Å². The van der Waals surface area contributed by atoms with Crippen LogP contribution < -0.4 is 0 Å². The molecule has 0 fully saturated rings. The van der Waals surface area contributed by atoms with Gasteiger partial charge in [-0.25, -0.2) is 0 Å². The molecule has 0 unspecified atom stereocenters. The van der Waals surface area contributed by atoms with E-state index in [1.807, 2.05) is 0 Å². The molecule has 0 bridgehead atoms. The van der Waals surface area contributed by atoms with E-state index in [1.165, 1.54) is 0 Å². The Bertz CT molecular complexity index is 162. The zero-order valence-electron chi connectivity index (χ0n) is 7.29. The molecule has 0 aromatic heterocycles. The van der Waals surface area contributed by atoms with Crippen molar-refractivity contribution >= 4 is 0 Å². The summed E-state index contributed by atoms with van der Waals surface area (Å²) in [5.74, 6) is 0. The Balaban J connectivity index is -0.0000000257. The third-order valence-electron chi connectivity index (χ3n) is 0. The van der Waals surface area contributed by atoms with Gasteiger partial charge in [-0.2, -0.15) is 0 Å². The van der Waals surface area contributed by atoms with Crippen LogP contribution in [0.4, 0.5) is 0 Å². The Kier molecular flexibility index (Phi) is 58.8. The fourth-order valence-corrected chi connectivity index (χ4v) is 0. The Morgan fingerprint density at radius 1 is 0.389 bits per heavy atom. The third kappa shape index (κ3) is 488. The minimum atomic E-state index is -1.75. The summed E-state index contributed by atoms with van der Waals surface area (Å²) in [6.07, 6.45) is 0. The number of nitrogens with zero attached hydrogens (tertiary/aromatic N) is 4. The molecule has 16 nitrogen and oxygen atoms in total. The Morgan fingerprint density at radius 3 is 0.389 bits per heavy atom. The van der Waals surface area contributed by atoms with Crippen molar-refractivity contribution in [1.82, 2.24) is 0 Å². The number of hydrogen-bond acceptors (Lipinski definition) is 12. The first-order chi connectivity index (χ1) is 6.93. The molecule has 0 aromatic rings. The van der Waals surface area contributed by atoms with E-state index in [1.54, 1.807) is 0 Å². The summed E-state index contributed by atoms with van der Waals surface area (Å²) in [6, 6.07) is 0. The number of hydrogen-bond donors (Lipinski definition) is 0. The normalized spacial score (nSPS) is 5.33. The molecule has 0 aliphatic carbocycles. The van der Waals surface area contributed by atoms with Gasteiger partial charge in [-0.3, -0.25) is 0 Å². The maximum absolute atomic E-state index is 8.25. The predicted molar refractivity (Wildman–Crippen MR) is 41.4 cm³/mol. The summed E-state index contributed by atoms with van der Waals surface area (Å²) in [4.78, 5) is 33.0. The predicted octanol–water partition coefficient (Wildman–Crippen LogP) is -0.961. The van der Waals surface area contributed by atoms with Crippen LogP contribution in [0.1, 0.15) is 0 Å². The smallest absolute Gasteiger partial charge is 0.356 e. The third-order valence-corrected chi connectivity index (χ3v) is 0. The molecule has 2 radical (unpaired) electrons. The molecule has 0 N–H and O–H groups in total. The Hall–Kier alpha value is -2.16. The zero-order valence-corrected chi connectivity index (χ0v) is 9.17. The van der Waals surface area contributed by atoms with Crippen molar-refractivity contribution in [1.29, 1.82) is 0 Å². The first-order valence-electron chi connectivity index (χ1n) is 2.19. The minimum absolute atomic E-state index is 0. The van der Waals surface area contributed by atoms with Gasteiger partial charge in [-0.15, -0.1) is 0 Å². The summed E-state index contributed by atoms with van der Waals surface area (Å²) in [5.41, 5.74) is 0. The molecular weight excluding hydrogens is 375 g/mol. The molecule has 0 aliphatic rings. The molecule has 0 heterocycles. The molecule has 0 atom stereocenters. The van der Waals surface area contributed by atoms with Gasteiger partial charge in [0.2, 0.25) is 0 Å². The van der Waals surface area contributed by atoms with E-state index in [2.05, 4.69) is 0 Å². The van der Waals surface area contributed by atoms with Crippen molar-refractivity contribution in [2.24, 2.45) is 0 Å². The van der Waals surface area contributed by atoms with E-state index in [-0.39, 0.29) is 34.1 Å². The largest absolute Gasteiger partial charge is 2.00 e. The van der Waals surface area contributed by atoms with E-state index in [9.17, 15) is 0 Å². The minimum Gasteiger partial charge on any atom is -0.356 e. The van der Waals surface area contributed by atoms with Crippen LogP contribution in [0.2, 0.25) is 0 Å². The molecule has 0 amide bonds. The van der Waals surface area contributed by atoms with Crippen molar-refractivity contribution < 1.29 is 54.5 Å². The standard InChI is InChI=1S/2Cu.4NO3/c;;4*2-1(3)4/q2*+2;4*-1. The second kappa shape index (κ2) is 29.4. The maximum atomic E-state index is 8.25. The van der Waals surface area contributed by atoms with Crippen LogP contribution in [-0.2, 0) is 34.1 Å². The topological polar surface area (TPSA) is 265 Å². The molecule has 18 heavy (non-hydrogen) atoms. The first kappa shape index (κ1) is 36.0. The van der Waals surface area contributed by atoms with Crippen molar-refractivity contribution in [3.63, 3.8) is 0 Å². The van der Waals surface area contributed by atoms with Gasteiger partial charge in [0.1, 0.15) is 0 Å². The van der Waals surface area contributed by atoms with E-state index in [0.717, 1.165) is 0 Å². The van der Waals surface area contributed by atoms with Crippen LogP contribution >= 0.6 is 0 Å². The van der Waals surface area contributed by atoms with Gasteiger partial charge < -0.3 is 61.3 Å². The van der Waals surface area contributed by atoms with Crippen LogP contribution in [0, 0.1) is 61.3 Å². The first-order valence-corrected chi connectivity index (χ1v) is 2.19. The van der Waals surface area contributed by atoms with Crippen LogP contribution in [0.3, 0.4) is 0 Å². The second-order valence-corrected chi connectivity index (χ2v) is 0.894. The van der Waals surface area contributed by atoms with Crippen LogP contribution in [-0.4, -0.2) is 20.3 Å². The fourth-order valence-electron chi connectivity index (χ4n) is 0. The van der Waals surface area contributed by atoms with Gasteiger partial charge >= 0.3 is 34.1 Å². The van der Waals surface area contributed by atoms with Gasteiger partial charge in [0, 0.05) is 0 Å². The van der Waals surface area contributed by atoms with Gasteiger partial charge in [0.05, 0.1) is 20.3 Å². The van der Waals surface area contributed by atoms with Crippen molar-refractivity contribution in [2.45, 2.75) is 0 Å². The average molecular weight is 375 g/mol. The fraction of sp³-hybridized carbons (Fsp3) is 0. The maximum Gasteiger partial charge on any atom is 2.00 e. The molecular formula is Cu2N4O12. The zero-order chi connectivity index (χ0) is 14.3. The van der Waals surface area contributed by atoms with Gasteiger partial charge in [0.25, 0.3) is 0 Å². The molecule has 0 saturated heterocycles. The molecule has 0 saturated carbocycles. The van der Waals surface area contributed by atoms with Gasteiger partial charge in [-0.05, 0) is 0 Å². The molecule has 0 aliphatic heterocycles. The second-order valence-electron chi connectivity index (χ2n) is 0.894. The van der Waals surface area contributed by atoms with Crippen molar-refractivity contribution in [2.75, 3.05) is 0 Å². The molecule has 114 valence electrons. The summed E-state index contributed by atoms with van der Waals surface area (Å²) < 4.78 is 0. The van der Waals surface area contributed by atoms with Gasteiger partial charge in [0.15, 0.2) is 0 Å². The van der Waals surface area contributed by atoms with Crippen molar-refractivity contribution in [3.8, 4) is 0 Å². The van der Waals surface area contributed by atoms with Gasteiger partial charge in [-0.1, -0.05) is 0 Å². The quantitative estimate of drug-likeness (QED) is 0.281.